The molecule has 0 spiro atoms. The highest BCUT2D eigenvalue weighted by molar-refractivity contribution is 7.26. The van der Waals surface area contributed by atoms with Crippen LogP contribution in [-0.4, -0.2) is 9.97 Å². The minimum absolute atomic E-state index is 1.03. The lowest BCUT2D eigenvalue weighted by Crippen LogP contribution is -1.82. The topological polar surface area (TPSA) is 25.8 Å². The van der Waals surface area contributed by atoms with Crippen LogP contribution in [-0.2, 0) is 0 Å². The van der Waals surface area contributed by atoms with E-state index in [1.807, 2.05) is 12.4 Å². The van der Waals surface area contributed by atoms with E-state index in [0.717, 1.165) is 16.1 Å². The van der Waals surface area contributed by atoms with Crippen LogP contribution in [0, 0.1) is 0 Å². The van der Waals surface area contributed by atoms with Crippen LogP contribution in [0.4, 0.5) is 0 Å². The molecular weight excluding hydrogens is 356 g/mol. The average Bonchev–Trinajstić information content (AvgIpc) is 3.24. The maximum absolute atomic E-state index is 4.95. The quantitative estimate of drug-likeness (QED) is 0.316. The summed E-state index contributed by atoms with van der Waals surface area (Å²) in [5, 5.41) is 5.10. The molecule has 6 aromatic rings. The van der Waals surface area contributed by atoms with Gasteiger partial charge in [-0.3, -0.25) is 4.98 Å². The first-order chi connectivity index (χ1) is 12.9. The second-order valence-electron chi connectivity index (χ2n) is 6.33. The van der Waals surface area contributed by atoms with Crippen LogP contribution in [0.25, 0.3) is 51.7 Å². The second-order valence-corrected chi connectivity index (χ2v) is 8.45. The van der Waals surface area contributed by atoms with Gasteiger partial charge in [-0.05, 0) is 30.3 Å². The molecule has 6 rings (SSSR count). The van der Waals surface area contributed by atoms with E-state index >= 15 is 0 Å². The first-order valence-electron chi connectivity index (χ1n) is 8.42. The molecule has 0 atom stereocenters. The molecule has 0 saturated carbocycles. The predicted octanol–water partition coefficient (Wildman–Crippen LogP) is 6.88. The van der Waals surface area contributed by atoms with E-state index in [1.54, 1.807) is 22.7 Å². The summed E-state index contributed by atoms with van der Waals surface area (Å²) in [5.74, 6) is 0. The van der Waals surface area contributed by atoms with Crippen LogP contribution in [0.5, 0.6) is 0 Å². The van der Waals surface area contributed by atoms with E-state index in [2.05, 4.69) is 65.6 Å². The predicted molar refractivity (Wildman–Crippen MR) is 113 cm³/mol. The monoisotopic (exact) mass is 368 g/mol. The Labute approximate surface area is 157 Å². The van der Waals surface area contributed by atoms with E-state index < -0.39 is 0 Å². The molecule has 0 aliphatic carbocycles. The summed E-state index contributed by atoms with van der Waals surface area (Å²) in [6.07, 6.45) is 3.81. The lowest BCUT2D eigenvalue weighted by atomic mass is 10.1. The van der Waals surface area contributed by atoms with Crippen molar-refractivity contribution in [1.82, 2.24) is 9.97 Å². The Morgan fingerprint density at radius 1 is 0.654 bits per heavy atom. The third kappa shape index (κ3) is 2.03. The van der Waals surface area contributed by atoms with Crippen LogP contribution in [0.1, 0.15) is 0 Å². The molecule has 26 heavy (non-hydrogen) atoms. The molecular formula is C22H12N2S2. The Kier molecular flexibility index (Phi) is 2.95. The highest BCUT2D eigenvalue weighted by Gasteiger charge is 2.10. The molecule has 0 aliphatic heterocycles. The lowest BCUT2D eigenvalue weighted by molar-refractivity contribution is 1.37. The number of benzene rings is 2. The van der Waals surface area contributed by atoms with Gasteiger partial charge in [-0.2, -0.15) is 0 Å². The fourth-order valence-corrected chi connectivity index (χ4v) is 5.74. The molecule has 4 aromatic heterocycles. The summed E-state index contributed by atoms with van der Waals surface area (Å²) < 4.78 is 3.80. The molecule has 0 fully saturated rings. The Morgan fingerprint density at radius 2 is 1.50 bits per heavy atom. The third-order valence-electron chi connectivity index (χ3n) is 4.82. The van der Waals surface area contributed by atoms with E-state index in [1.165, 1.54) is 35.6 Å². The lowest BCUT2D eigenvalue weighted by Gasteiger charge is -2.02. The zero-order valence-electron chi connectivity index (χ0n) is 13.6. The van der Waals surface area contributed by atoms with Crippen LogP contribution in [0.3, 0.4) is 0 Å². The zero-order chi connectivity index (χ0) is 17.1. The number of hydrogen-bond acceptors (Lipinski definition) is 4. The van der Waals surface area contributed by atoms with Gasteiger partial charge in [0.05, 0.1) is 10.4 Å². The molecule has 4 heterocycles. The largest absolute Gasteiger partial charge is 0.263 e. The molecule has 2 aromatic carbocycles. The van der Waals surface area contributed by atoms with Crippen molar-refractivity contribution in [2.24, 2.45) is 0 Å². The van der Waals surface area contributed by atoms with Gasteiger partial charge in [0.15, 0.2) is 0 Å². The Hall–Kier alpha value is -2.82. The van der Waals surface area contributed by atoms with E-state index in [9.17, 15) is 0 Å². The number of fused-ring (bicyclic) bond motifs is 6. The minimum Gasteiger partial charge on any atom is -0.263 e. The summed E-state index contributed by atoms with van der Waals surface area (Å²) >= 11 is 3.55. The van der Waals surface area contributed by atoms with E-state index in [4.69, 9.17) is 4.98 Å². The molecule has 4 heteroatoms. The SMILES string of the molecule is c1ccc2c(c1)sc1nc(-c3ccc4c(c3)sc3cnccc34)ccc12. The van der Waals surface area contributed by atoms with Crippen molar-refractivity contribution in [2.45, 2.75) is 0 Å². The molecule has 0 radical (unpaired) electrons. The average molecular weight is 368 g/mol. The number of hydrogen-bond donors (Lipinski definition) is 0. The number of pyridine rings is 2. The van der Waals surface area contributed by atoms with Crippen molar-refractivity contribution >= 4 is 63.1 Å². The van der Waals surface area contributed by atoms with Crippen LogP contribution in [0.15, 0.2) is 73.1 Å². The molecule has 2 nitrogen and oxygen atoms in total. The van der Waals surface area contributed by atoms with Gasteiger partial charge in [0.25, 0.3) is 0 Å². The minimum atomic E-state index is 1.03. The summed E-state index contributed by atoms with van der Waals surface area (Å²) in [6.45, 7) is 0. The van der Waals surface area contributed by atoms with Gasteiger partial charge in [-0.15, -0.1) is 22.7 Å². The van der Waals surface area contributed by atoms with Gasteiger partial charge in [0, 0.05) is 48.9 Å². The van der Waals surface area contributed by atoms with Gasteiger partial charge < -0.3 is 0 Å². The molecule has 0 saturated heterocycles. The van der Waals surface area contributed by atoms with Crippen molar-refractivity contribution in [2.75, 3.05) is 0 Å². The normalized spacial score (nSPS) is 11.8. The van der Waals surface area contributed by atoms with Crippen molar-refractivity contribution in [3.8, 4) is 11.3 Å². The highest BCUT2D eigenvalue weighted by Crippen LogP contribution is 2.37. The van der Waals surface area contributed by atoms with Gasteiger partial charge in [0.1, 0.15) is 4.83 Å². The molecule has 0 unspecified atom stereocenters. The van der Waals surface area contributed by atoms with Crippen molar-refractivity contribution in [3.63, 3.8) is 0 Å². The van der Waals surface area contributed by atoms with Gasteiger partial charge >= 0.3 is 0 Å². The zero-order valence-corrected chi connectivity index (χ0v) is 15.3. The summed E-state index contributed by atoms with van der Waals surface area (Å²) in [4.78, 5) is 10.3. The molecule has 0 N–H and O–H groups in total. The maximum Gasteiger partial charge on any atom is 0.125 e. The van der Waals surface area contributed by atoms with Gasteiger partial charge in [-0.25, -0.2) is 4.98 Å². The highest BCUT2D eigenvalue weighted by atomic mass is 32.1. The standard InChI is InChI=1S/C22H12N2S2/c1-2-4-19-14(3-1)17-7-8-18(24-22(17)26-19)13-5-6-15-16-9-10-23-12-21(16)25-20(15)11-13/h1-12H. The molecule has 0 aliphatic rings. The molecule has 0 bridgehead atoms. The first-order valence-corrected chi connectivity index (χ1v) is 10.0. The number of thiophene rings is 2. The molecule has 0 amide bonds. The summed E-state index contributed by atoms with van der Waals surface area (Å²) in [7, 11) is 0. The Bertz CT molecular complexity index is 1330. The van der Waals surface area contributed by atoms with E-state index in [-0.39, 0.29) is 0 Å². The van der Waals surface area contributed by atoms with Gasteiger partial charge in [-0.1, -0.05) is 30.3 Å². The Morgan fingerprint density at radius 3 is 2.50 bits per heavy atom. The molecule has 122 valence electrons. The number of rotatable bonds is 1. The number of aromatic nitrogens is 2. The Balaban J connectivity index is 1.57. The smallest absolute Gasteiger partial charge is 0.125 e. The van der Waals surface area contributed by atoms with Crippen molar-refractivity contribution < 1.29 is 0 Å². The maximum atomic E-state index is 4.95. The summed E-state index contributed by atoms with van der Waals surface area (Å²) in [6, 6.07) is 21.6. The van der Waals surface area contributed by atoms with Crippen LogP contribution < -0.4 is 0 Å². The summed E-state index contributed by atoms with van der Waals surface area (Å²) in [5.41, 5.74) is 2.19. The van der Waals surface area contributed by atoms with E-state index in [0.29, 0.717) is 0 Å². The first kappa shape index (κ1) is 14.4. The van der Waals surface area contributed by atoms with Crippen molar-refractivity contribution in [1.29, 1.82) is 0 Å². The van der Waals surface area contributed by atoms with Gasteiger partial charge in [0.2, 0.25) is 0 Å². The van der Waals surface area contributed by atoms with Crippen LogP contribution in [0.2, 0.25) is 0 Å². The van der Waals surface area contributed by atoms with Crippen LogP contribution >= 0.6 is 22.7 Å². The second kappa shape index (κ2) is 5.34. The number of nitrogens with zero attached hydrogens (tertiary/aromatic N) is 2. The third-order valence-corrected chi connectivity index (χ3v) is 7.00. The van der Waals surface area contributed by atoms with Crippen molar-refractivity contribution in [3.05, 3.63) is 73.1 Å². The fraction of sp³-hybridized carbons (Fsp3) is 0. The fourth-order valence-electron chi connectivity index (χ4n) is 3.56.